The van der Waals surface area contributed by atoms with Gasteiger partial charge in [0, 0.05) is 44.2 Å². The summed E-state index contributed by atoms with van der Waals surface area (Å²) in [7, 11) is 0.515. The molecule has 2 saturated heterocycles. The van der Waals surface area contributed by atoms with Crippen LogP contribution < -0.4 is 5.14 Å². The van der Waals surface area contributed by atoms with E-state index in [1.807, 2.05) is 14.1 Å². The number of nitrogens with two attached hydrogens (primary N) is 1. The summed E-state index contributed by atoms with van der Waals surface area (Å²) in [6, 6.07) is 0. The number of sulfonamides is 1. The standard InChI is InChI=1S/C13H25N3O4S/c1-15(2)13(3-5-20-6-4-13)10-16-8-11(7-12(16)17)9-21(14,18)19/h11H,3-10H2,1-2H3,(H2,14,18,19). The number of rotatable bonds is 5. The highest BCUT2D eigenvalue weighted by Crippen LogP contribution is 2.30. The quantitative estimate of drug-likeness (QED) is 0.718. The fraction of sp³-hybridized carbons (Fsp3) is 0.923. The molecule has 1 atom stereocenters. The second-order valence-corrected chi connectivity index (χ2v) is 8.06. The summed E-state index contributed by atoms with van der Waals surface area (Å²) in [5.41, 5.74) is -0.0790. The Hall–Kier alpha value is -0.700. The molecule has 0 aliphatic carbocycles. The molecule has 7 nitrogen and oxygen atoms in total. The van der Waals surface area contributed by atoms with Crippen molar-refractivity contribution in [2.75, 3.05) is 46.2 Å². The molecule has 2 aliphatic heterocycles. The molecule has 2 aliphatic rings. The minimum Gasteiger partial charge on any atom is -0.381 e. The second kappa shape index (κ2) is 6.20. The summed E-state index contributed by atoms with van der Waals surface area (Å²) < 4.78 is 27.8. The Bertz CT molecular complexity index is 486. The van der Waals surface area contributed by atoms with Crippen molar-refractivity contribution in [1.29, 1.82) is 0 Å². The number of hydrogen-bond acceptors (Lipinski definition) is 5. The molecule has 122 valence electrons. The normalized spacial score (nSPS) is 26.6. The molecule has 0 spiro atoms. The topological polar surface area (TPSA) is 92.9 Å². The zero-order valence-electron chi connectivity index (χ0n) is 12.7. The number of amides is 1. The number of ether oxygens (including phenoxy) is 1. The Morgan fingerprint density at radius 3 is 2.52 bits per heavy atom. The van der Waals surface area contributed by atoms with Gasteiger partial charge in [-0.2, -0.15) is 0 Å². The van der Waals surface area contributed by atoms with Crippen LogP contribution in [-0.4, -0.2) is 75.8 Å². The number of likely N-dealkylation sites (tertiary alicyclic amines) is 1. The summed E-state index contributed by atoms with van der Waals surface area (Å²) in [6.07, 6.45) is 2.03. The van der Waals surface area contributed by atoms with E-state index >= 15 is 0 Å². The SMILES string of the molecule is CN(C)C1(CN2CC(CS(N)(=O)=O)CC2=O)CCOCC1. The van der Waals surface area contributed by atoms with Crippen LogP contribution in [0.25, 0.3) is 0 Å². The number of carbonyl (C=O) groups excluding carboxylic acids is 1. The molecule has 2 heterocycles. The lowest BCUT2D eigenvalue weighted by molar-refractivity contribution is -0.130. The molecule has 0 aromatic heterocycles. The predicted molar refractivity (Wildman–Crippen MR) is 79.1 cm³/mol. The molecule has 0 radical (unpaired) electrons. The molecular weight excluding hydrogens is 294 g/mol. The minimum absolute atomic E-state index is 0.0244. The van der Waals surface area contributed by atoms with Crippen LogP contribution >= 0.6 is 0 Å². The molecular formula is C13H25N3O4S. The first kappa shape index (κ1) is 16.7. The zero-order valence-corrected chi connectivity index (χ0v) is 13.6. The van der Waals surface area contributed by atoms with Crippen molar-refractivity contribution in [1.82, 2.24) is 9.80 Å². The molecule has 0 saturated carbocycles. The molecule has 1 unspecified atom stereocenters. The molecule has 2 fully saturated rings. The molecule has 2 N–H and O–H groups in total. The molecule has 21 heavy (non-hydrogen) atoms. The highest BCUT2D eigenvalue weighted by molar-refractivity contribution is 7.89. The van der Waals surface area contributed by atoms with Gasteiger partial charge in [0.1, 0.15) is 0 Å². The summed E-state index contributed by atoms with van der Waals surface area (Å²) in [5, 5.41) is 5.08. The van der Waals surface area contributed by atoms with Crippen molar-refractivity contribution in [3.8, 4) is 0 Å². The largest absolute Gasteiger partial charge is 0.381 e. The van der Waals surface area contributed by atoms with Crippen molar-refractivity contribution in [3.05, 3.63) is 0 Å². The van der Waals surface area contributed by atoms with Gasteiger partial charge in [0.05, 0.1) is 5.75 Å². The lowest BCUT2D eigenvalue weighted by Gasteiger charge is -2.45. The van der Waals surface area contributed by atoms with Crippen LogP contribution in [0, 0.1) is 5.92 Å². The van der Waals surface area contributed by atoms with E-state index in [2.05, 4.69) is 4.90 Å². The lowest BCUT2D eigenvalue weighted by Crippen LogP contribution is -2.56. The number of hydrogen-bond donors (Lipinski definition) is 1. The fourth-order valence-corrected chi connectivity index (χ4v) is 4.18. The maximum absolute atomic E-state index is 12.1. The van der Waals surface area contributed by atoms with Crippen LogP contribution in [0.15, 0.2) is 0 Å². The first-order valence-electron chi connectivity index (χ1n) is 7.25. The van der Waals surface area contributed by atoms with Gasteiger partial charge in [-0.1, -0.05) is 0 Å². The third-order valence-corrected chi connectivity index (χ3v) is 5.56. The van der Waals surface area contributed by atoms with Gasteiger partial charge in [-0.15, -0.1) is 0 Å². The second-order valence-electron chi connectivity index (χ2n) is 6.41. The van der Waals surface area contributed by atoms with E-state index in [-0.39, 0.29) is 29.5 Å². The van der Waals surface area contributed by atoms with E-state index in [0.717, 1.165) is 12.8 Å². The van der Waals surface area contributed by atoms with Crippen LogP contribution in [0.5, 0.6) is 0 Å². The smallest absolute Gasteiger partial charge is 0.223 e. The maximum Gasteiger partial charge on any atom is 0.223 e. The fourth-order valence-electron chi connectivity index (χ4n) is 3.30. The first-order valence-corrected chi connectivity index (χ1v) is 8.97. The van der Waals surface area contributed by atoms with Gasteiger partial charge in [0.2, 0.25) is 15.9 Å². The van der Waals surface area contributed by atoms with Crippen molar-refractivity contribution in [2.24, 2.45) is 11.1 Å². The highest BCUT2D eigenvalue weighted by Gasteiger charge is 2.41. The third kappa shape index (κ3) is 4.15. The first-order chi connectivity index (χ1) is 9.72. The summed E-state index contributed by atoms with van der Waals surface area (Å²) in [5.74, 6) is -0.282. The van der Waals surface area contributed by atoms with Crippen molar-refractivity contribution < 1.29 is 17.9 Å². The summed E-state index contributed by atoms with van der Waals surface area (Å²) in [6.45, 7) is 2.50. The van der Waals surface area contributed by atoms with E-state index in [1.54, 1.807) is 4.90 Å². The minimum atomic E-state index is -3.53. The molecule has 1 amide bonds. The van der Waals surface area contributed by atoms with Gasteiger partial charge in [-0.05, 0) is 26.9 Å². The van der Waals surface area contributed by atoms with Gasteiger partial charge in [-0.3, -0.25) is 4.79 Å². The van der Waals surface area contributed by atoms with E-state index in [0.29, 0.717) is 26.3 Å². The predicted octanol–water partition coefficient (Wildman–Crippen LogP) is -0.766. The Labute approximate surface area is 126 Å². The maximum atomic E-state index is 12.1. The van der Waals surface area contributed by atoms with Crippen molar-refractivity contribution >= 4 is 15.9 Å². The van der Waals surface area contributed by atoms with Gasteiger partial charge < -0.3 is 14.5 Å². The molecule has 2 rings (SSSR count). The van der Waals surface area contributed by atoms with Gasteiger partial charge in [0.25, 0.3) is 0 Å². The molecule has 0 bridgehead atoms. The van der Waals surface area contributed by atoms with E-state index in [4.69, 9.17) is 9.88 Å². The average Bonchev–Trinajstić information content (AvgIpc) is 2.68. The Kier molecular flexibility index (Phi) is 4.92. The number of carbonyl (C=O) groups is 1. The van der Waals surface area contributed by atoms with Crippen LogP contribution in [-0.2, 0) is 19.6 Å². The Morgan fingerprint density at radius 1 is 1.38 bits per heavy atom. The van der Waals surface area contributed by atoms with Crippen molar-refractivity contribution in [3.63, 3.8) is 0 Å². The highest BCUT2D eigenvalue weighted by atomic mass is 32.2. The van der Waals surface area contributed by atoms with Crippen LogP contribution in [0.2, 0.25) is 0 Å². The van der Waals surface area contributed by atoms with Crippen LogP contribution in [0.1, 0.15) is 19.3 Å². The number of likely N-dealkylation sites (N-methyl/N-ethyl adjacent to an activating group) is 1. The van der Waals surface area contributed by atoms with Crippen molar-refractivity contribution in [2.45, 2.75) is 24.8 Å². The van der Waals surface area contributed by atoms with E-state index < -0.39 is 10.0 Å². The average molecular weight is 319 g/mol. The van der Waals surface area contributed by atoms with Gasteiger partial charge >= 0.3 is 0 Å². The monoisotopic (exact) mass is 319 g/mol. The molecule has 0 aromatic carbocycles. The molecule has 0 aromatic rings. The molecule has 8 heteroatoms. The van der Waals surface area contributed by atoms with E-state index in [1.165, 1.54) is 0 Å². The van der Waals surface area contributed by atoms with E-state index in [9.17, 15) is 13.2 Å². The summed E-state index contributed by atoms with van der Waals surface area (Å²) >= 11 is 0. The van der Waals surface area contributed by atoms with Crippen LogP contribution in [0.4, 0.5) is 0 Å². The lowest BCUT2D eigenvalue weighted by atomic mass is 9.88. The number of primary sulfonamides is 1. The van der Waals surface area contributed by atoms with Gasteiger partial charge in [-0.25, -0.2) is 13.6 Å². The number of nitrogens with zero attached hydrogens (tertiary/aromatic N) is 2. The zero-order chi connectivity index (χ0) is 15.7. The van der Waals surface area contributed by atoms with Gasteiger partial charge in [0.15, 0.2) is 0 Å². The summed E-state index contributed by atoms with van der Waals surface area (Å²) in [4.78, 5) is 16.1. The Morgan fingerprint density at radius 2 is 2.00 bits per heavy atom. The van der Waals surface area contributed by atoms with Crippen LogP contribution in [0.3, 0.4) is 0 Å². The third-order valence-electron chi connectivity index (χ3n) is 4.62. The Balaban J connectivity index is 2.03.